The number of rotatable bonds is 7. The first-order valence-electron chi connectivity index (χ1n) is 11.0. The molecule has 1 aromatic heterocycles. The second kappa shape index (κ2) is 10.0. The van der Waals surface area contributed by atoms with E-state index in [-0.39, 0.29) is 18.4 Å². The van der Waals surface area contributed by atoms with E-state index in [1.807, 2.05) is 86.1 Å². The molecule has 0 unspecified atom stereocenters. The van der Waals surface area contributed by atoms with Crippen LogP contribution < -0.4 is 16.0 Å². The van der Waals surface area contributed by atoms with Crippen LogP contribution in [0.1, 0.15) is 27.3 Å². The highest BCUT2D eigenvalue weighted by molar-refractivity contribution is 6.08. The van der Waals surface area contributed by atoms with Gasteiger partial charge in [-0.1, -0.05) is 48.0 Å². The van der Waals surface area contributed by atoms with Gasteiger partial charge in [-0.15, -0.1) is 0 Å². The molecule has 0 atom stereocenters. The fourth-order valence-electron chi connectivity index (χ4n) is 3.67. The van der Waals surface area contributed by atoms with Crippen molar-refractivity contribution in [2.45, 2.75) is 20.8 Å². The van der Waals surface area contributed by atoms with Gasteiger partial charge in [0, 0.05) is 11.4 Å². The van der Waals surface area contributed by atoms with Crippen LogP contribution >= 0.6 is 0 Å². The smallest absolute Gasteiger partial charge is 0.257 e. The number of hydrogen-bond donors (Lipinski definition) is 3. The van der Waals surface area contributed by atoms with Gasteiger partial charge in [-0.05, 0) is 57.2 Å². The molecule has 0 aliphatic heterocycles. The molecule has 0 aliphatic rings. The Morgan fingerprint density at radius 2 is 1.50 bits per heavy atom. The van der Waals surface area contributed by atoms with Crippen LogP contribution in [-0.2, 0) is 4.79 Å². The highest BCUT2D eigenvalue weighted by atomic mass is 16.2. The van der Waals surface area contributed by atoms with Crippen molar-refractivity contribution >= 4 is 28.9 Å². The highest BCUT2D eigenvalue weighted by Gasteiger charge is 2.16. The Bertz CT molecular complexity index is 1310. The average molecular weight is 454 g/mol. The normalized spacial score (nSPS) is 10.6. The lowest BCUT2D eigenvalue weighted by Crippen LogP contribution is -2.24. The molecule has 34 heavy (non-hydrogen) atoms. The lowest BCUT2D eigenvalue weighted by molar-refractivity contribution is -0.114. The third-order valence-corrected chi connectivity index (χ3v) is 5.48. The summed E-state index contributed by atoms with van der Waals surface area (Å²) >= 11 is 0. The van der Waals surface area contributed by atoms with Crippen molar-refractivity contribution in [1.29, 1.82) is 0 Å². The number of aryl methyl sites for hydroxylation is 2. The molecule has 0 fully saturated rings. The van der Waals surface area contributed by atoms with Crippen LogP contribution in [-0.4, -0.2) is 28.1 Å². The monoisotopic (exact) mass is 453 g/mol. The second-order valence-electron chi connectivity index (χ2n) is 8.06. The largest absolute Gasteiger partial charge is 0.376 e. The van der Waals surface area contributed by atoms with E-state index in [4.69, 9.17) is 0 Å². The van der Waals surface area contributed by atoms with E-state index in [9.17, 15) is 9.59 Å². The minimum Gasteiger partial charge on any atom is -0.376 e. The number of carbonyl (C=O) groups is 2. The zero-order valence-electron chi connectivity index (χ0n) is 19.4. The molecule has 0 aliphatic carbocycles. The van der Waals surface area contributed by atoms with Crippen molar-refractivity contribution in [3.05, 3.63) is 101 Å². The van der Waals surface area contributed by atoms with Crippen LogP contribution in [0.3, 0.4) is 0 Å². The summed E-state index contributed by atoms with van der Waals surface area (Å²) in [5.41, 5.74) is 6.05. The summed E-state index contributed by atoms with van der Waals surface area (Å²) in [6.07, 6.45) is 0. The number of carbonyl (C=O) groups excluding carboxylic acids is 2. The lowest BCUT2D eigenvalue weighted by Gasteiger charge is -2.13. The summed E-state index contributed by atoms with van der Waals surface area (Å²) in [5.74, 6) is -0.476. The maximum Gasteiger partial charge on any atom is 0.257 e. The van der Waals surface area contributed by atoms with E-state index in [2.05, 4.69) is 21.0 Å². The molecule has 0 saturated carbocycles. The molecule has 3 N–H and O–H groups in total. The number of amides is 2. The summed E-state index contributed by atoms with van der Waals surface area (Å²) in [7, 11) is 0. The first-order valence-corrected chi connectivity index (χ1v) is 11.0. The SMILES string of the molecule is Cc1ccc(NC(=O)c2ccccc2NCC(=O)Nc2c(C)nn(-c3ccccc3)c2C)cc1. The van der Waals surface area contributed by atoms with E-state index < -0.39 is 0 Å². The van der Waals surface area contributed by atoms with Gasteiger partial charge in [0.25, 0.3) is 5.91 Å². The third kappa shape index (κ3) is 5.15. The molecule has 0 bridgehead atoms. The summed E-state index contributed by atoms with van der Waals surface area (Å²) in [4.78, 5) is 25.5. The molecule has 4 rings (SSSR count). The van der Waals surface area contributed by atoms with Crippen LogP contribution in [0, 0.1) is 20.8 Å². The number of aromatic nitrogens is 2. The third-order valence-electron chi connectivity index (χ3n) is 5.48. The van der Waals surface area contributed by atoms with Crippen molar-refractivity contribution in [2.24, 2.45) is 0 Å². The van der Waals surface area contributed by atoms with Crippen molar-refractivity contribution in [3.63, 3.8) is 0 Å². The molecule has 3 aromatic carbocycles. The zero-order chi connectivity index (χ0) is 24.1. The Hall–Kier alpha value is -4.39. The standard InChI is InChI=1S/C27H27N5O2/c1-18-13-15-21(16-14-18)29-27(34)23-11-7-8-12-24(23)28-17-25(33)30-26-19(2)31-32(20(26)3)22-9-5-4-6-10-22/h4-16,28H,17H2,1-3H3,(H,29,34)(H,30,33). The van der Waals surface area contributed by atoms with Gasteiger partial charge in [-0.3, -0.25) is 9.59 Å². The average Bonchev–Trinajstić information content (AvgIpc) is 3.13. The first kappa shape index (κ1) is 22.8. The molecule has 172 valence electrons. The number of para-hydroxylation sites is 2. The van der Waals surface area contributed by atoms with Crippen LogP contribution in [0.15, 0.2) is 78.9 Å². The fourth-order valence-corrected chi connectivity index (χ4v) is 3.67. The Kier molecular flexibility index (Phi) is 6.73. The van der Waals surface area contributed by atoms with Crippen LogP contribution in [0.5, 0.6) is 0 Å². The molecular formula is C27H27N5O2. The summed E-state index contributed by atoms with van der Waals surface area (Å²) in [6, 6.07) is 24.5. The van der Waals surface area contributed by atoms with Gasteiger partial charge in [0.1, 0.15) is 0 Å². The molecule has 7 nitrogen and oxygen atoms in total. The van der Waals surface area contributed by atoms with Crippen molar-refractivity contribution in [1.82, 2.24) is 9.78 Å². The molecule has 0 saturated heterocycles. The zero-order valence-corrected chi connectivity index (χ0v) is 19.4. The van der Waals surface area contributed by atoms with Gasteiger partial charge in [0.05, 0.1) is 34.9 Å². The molecule has 2 amide bonds. The number of nitrogens with zero attached hydrogens (tertiary/aromatic N) is 2. The Morgan fingerprint density at radius 1 is 0.824 bits per heavy atom. The Labute approximate surface area is 198 Å². The Morgan fingerprint density at radius 3 is 2.24 bits per heavy atom. The van der Waals surface area contributed by atoms with E-state index in [1.165, 1.54) is 0 Å². The topological polar surface area (TPSA) is 88.1 Å². The Balaban J connectivity index is 1.43. The maximum absolute atomic E-state index is 12.8. The van der Waals surface area contributed by atoms with E-state index >= 15 is 0 Å². The van der Waals surface area contributed by atoms with Gasteiger partial charge in [-0.2, -0.15) is 5.10 Å². The molecule has 4 aromatic rings. The van der Waals surface area contributed by atoms with Gasteiger partial charge in [0.15, 0.2) is 0 Å². The highest BCUT2D eigenvalue weighted by Crippen LogP contribution is 2.23. The molecule has 7 heteroatoms. The van der Waals surface area contributed by atoms with Crippen LogP contribution in [0.2, 0.25) is 0 Å². The first-order chi connectivity index (χ1) is 16.4. The number of nitrogens with one attached hydrogen (secondary N) is 3. The lowest BCUT2D eigenvalue weighted by atomic mass is 10.1. The quantitative estimate of drug-likeness (QED) is 0.363. The van der Waals surface area contributed by atoms with E-state index in [0.29, 0.717) is 22.6 Å². The second-order valence-corrected chi connectivity index (χ2v) is 8.06. The molecule has 1 heterocycles. The van der Waals surface area contributed by atoms with E-state index in [1.54, 1.807) is 18.2 Å². The minimum absolute atomic E-state index is 0.00419. The van der Waals surface area contributed by atoms with Crippen LogP contribution in [0.4, 0.5) is 17.1 Å². The minimum atomic E-state index is -0.247. The van der Waals surface area contributed by atoms with Gasteiger partial charge >= 0.3 is 0 Å². The molecule has 0 spiro atoms. The van der Waals surface area contributed by atoms with Crippen molar-refractivity contribution in [2.75, 3.05) is 22.5 Å². The van der Waals surface area contributed by atoms with Gasteiger partial charge < -0.3 is 16.0 Å². The fraction of sp³-hybridized carbons (Fsp3) is 0.148. The van der Waals surface area contributed by atoms with Gasteiger partial charge in [0.2, 0.25) is 5.91 Å². The number of hydrogen-bond acceptors (Lipinski definition) is 4. The molecular weight excluding hydrogens is 426 g/mol. The van der Waals surface area contributed by atoms with Crippen molar-refractivity contribution in [3.8, 4) is 5.69 Å². The summed E-state index contributed by atoms with van der Waals surface area (Å²) in [6.45, 7) is 5.77. The summed E-state index contributed by atoms with van der Waals surface area (Å²) in [5, 5.41) is 13.5. The van der Waals surface area contributed by atoms with Crippen LogP contribution in [0.25, 0.3) is 5.69 Å². The van der Waals surface area contributed by atoms with Crippen molar-refractivity contribution < 1.29 is 9.59 Å². The predicted octanol–water partition coefficient (Wildman–Crippen LogP) is 5.10. The van der Waals surface area contributed by atoms with Gasteiger partial charge in [-0.25, -0.2) is 4.68 Å². The molecule has 0 radical (unpaired) electrons. The number of anilines is 3. The van der Waals surface area contributed by atoms with E-state index in [0.717, 1.165) is 22.6 Å². The summed E-state index contributed by atoms with van der Waals surface area (Å²) < 4.78 is 1.81. The predicted molar refractivity (Wildman–Crippen MR) is 136 cm³/mol. The maximum atomic E-state index is 12.8. The number of benzene rings is 3.